The molecule has 0 spiro atoms. The summed E-state index contributed by atoms with van der Waals surface area (Å²) < 4.78 is 7.23. The molecule has 1 aromatic carbocycles. The largest absolute Gasteiger partial charge is 0.496 e. The van der Waals surface area contributed by atoms with Crippen LogP contribution < -0.4 is 10.1 Å². The fraction of sp³-hybridized carbons (Fsp3) is 0.214. The number of para-hydroxylation sites is 1. The van der Waals surface area contributed by atoms with E-state index >= 15 is 0 Å². The highest BCUT2D eigenvalue weighted by molar-refractivity contribution is 5.62. The minimum atomic E-state index is 0.614. The normalized spacial score (nSPS) is 10.7. The molecule has 20 heavy (non-hydrogen) atoms. The van der Waals surface area contributed by atoms with Crippen molar-refractivity contribution in [1.82, 2.24) is 19.6 Å². The van der Waals surface area contributed by atoms with Gasteiger partial charge in [0.1, 0.15) is 11.6 Å². The SMILES string of the molecule is COc1ccccc1CNc1nccn2c(C)nnc12. The van der Waals surface area contributed by atoms with E-state index in [9.17, 15) is 0 Å². The molecule has 0 aliphatic carbocycles. The van der Waals surface area contributed by atoms with Gasteiger partial charge in [0.15, 0.2) is 5.82 Å². The number of nitrogens with one attached hydrogen (secondary N) is 1. The standard InChI is InChI=1S/C14H15N5O/c1-10-17-18-14-13(15-7-8-19(10)14)16-9-11-5-3-4-6-12(11)20-2/h3-8H,9H2,1-2H3,(H,15,16). The number of benzene rings is 1. The third-order valence-corrected chi connectivity index (χ3v) is 3.14. The zero-order valence-electron chi connectivity index (χ0n) is 11.4. The molecule has 1 N–H and O–H groups in total. The Bertz CT molecular complexity index is 737. The lowest BCUT2D eigenvalue weighted by atomic mass is 10.2. The van der Waals surface area contributed by atoms with Crippen LogP contribution in [0, 0.1) is 6.92 Å². The molecule has 2 heterocycles. The third-order valence-electron chi connectivity index (χ3n) is 3.14. The van der Waals surface area contributed by atoms with E-state index in [0.29, 0.717) is 12.4 Å². The van der Waals surface area contributed by atoms with Crippen LogP contribution in [0.4, 0.5) is 5.82 Å². The second-order valence-electron chi connectivity index (χ2n) is 4.38. The van der Waals surface area contributed by atoms with Gasteiger partial charge in [0.2, 0.25) is 5.65 Å². The average Bonchev–Trinajstić information content (AvgIpc) is 2.88. The third kappa shape index (κ3) is 2.16. The Balaban J connectivity index is 1.87. The van der Waals surface area contributed by atoms with E-state index < -0.39 is 0 Å². The van der Waals surface area contributed by atoms with Gasteiger partial charge in [-0.3, -0.25) is 4.40 Å². The number of methoxy groups -OCH3 is 1. The van der Waals surface area contributed by atoms with Gasteiger partial charge in [0, 0.05) is 24.5 Å². The van der Waals surface area contributed by atoms with Crippen molar-refractivity contribution in [1.29, 1.82) is 0 Å². The van der Waals surface area contributed by atoms with Gasteiger partial charge in [-0.05, 0) is 13.0 Å². The first-order chi connectivity index (χ1) is 9.79. The number of fused-ring (bicyclic) bond motifs is 1. The molecule has 102 valence electrons. The van der Waals surface area contributed by atoms with Crippen molar-refractivity contribution in [2.75, 3.05) is 12.4 Å². The molecule has 0 aliphatic heterocycles. The highest BCUT2D eigenvalue weighted by atomic mass is 16.5. The molecule has 2 aromatic heterocycles. The maximum absolute atomic E-state index is 5.33. The summed E-state index contributed by atoms with van der Waals surface area (Å²) in [4.78, 5) is 4.32. The second-order valence-corrected chi connectivity index (χ2v) is 4.38. The molecule has 0 fully saturated rings. The van der Waals surface area contributed by atoms with Crippen LogP contribution in [-0.4, -0.2) is 26.7 Å². The van der Waals surface area contributed by atoms with Crippen LogP contribution in [-0.2, 0) is 6.54 Å². The Morgan fingerprint density at radius 1 is 1.25 bits per heavy atom. The molecule has 0 saturated carbocycles. The first kappa shape index (κ1) is 12.4. The van der Waals surface area contributed by atoms with Crippen LogP contribution in [0.2, 0.25) is 0 Å². The van der Waals surface area contributed by atoms with Crippen molar-refractivity contribution >= 4 is 11.5 Å². The van der Waals surface area contributed by atoms with E-state index in [4.69, 9.17) is 4.74 Å². The van der Waals surface area contributed by atoms with E-state index in [0.717, 1.165) is 22.8 Å². The summed E-state index contributed by atoms with van der Waals surface area (Å²) >= 11 is 0. The van der Waals surface area contributed by atoms with Gasteiger partial charge in [-0.15, -0.1) is 10.2 Å². The lowest BCUT2D eigenvalue weighted by Gasteiger charge is -2.10. The summed E-state index contributed by atoms with van der Waals surface area (Å²) in [6.45, 7) is 2.52. The number of hydrogen-bond donors (Lipinski definition) is 1. The predicted molar refractivity (Wildman–Crippen MR) is 75.8 cm³/mol. The highest BCUT2D eigenvalue weighted by Gasteiger charge is 2.08. The number of anilines is 1. The molecule has 0 aliphatic rings. The van der Waals surface area contributed by atoms with Crippen LogP contribution in [0.25, 0.3) is 5.65 Å². The molecule has 0 bridgehead atoms. The Morgan fingerprint density at radius 3 is 2.95 bits per heavy atom. The zero-order valence-corrected chi connectivity index (χ0v) is 11.4. The number of aromatic nitrogens is 4. The molecule has 3 aromatic rings. The molecule has 6 nitrogen and oxygen atoms in total. The van der Waals surface area contributed by atoms with Crippen molar-refractivity contribution < 1.29 is 4.74 Å². The smallest absolute Gasteiger partial charge is 0.203 e. The van der Waals surface area contributed by atoms with Crippen molar-refractivity contribution in [2.24, 2.45) is 0 Å². The topological polar surface area (TPSA) is 64.3 Å². The summed E-state index contributed by atoms with van der Waals surface area (Å²) in [6, 6.07) is 7.88. The van der Waals surface area contributed by atoms with E-state index in [1.165, 1.54) is 0 Å². The van der Waals surface area contributed by atoms with E-state index in [2.05, 4.69) is 20.5 Å². The number of ether oxygens (including phenoxy) is 1. The summed E-state index contributed by atoms with van der Waals surface area (Å²) in [5.74, 6) is 2.39. The van der Waals surface area contributed by atoms with Crippen molar-refractivity contribution in [2.45, 2.75) is 13.5 Å². The number of rotatable bonds is 4. The molecule has 6 heteroatoms. The monoisotopic (exact) mass is 269 g/mol. The molecular weight excluding hydrogens is 254 g/mol. The lowest BCUT2D eigenvalue weighted by molar-refractivity contribution is 0.410. The van der Waals surface area contributed by atoms with Crippen molar-refractivity contribution in [3.8, 4) is 5.75 Å². The Hall–Kier alpha value is -2.63. The van der Waals surface area contributed by atoms with Gasteiger partial charge in [-0.25, -0.2) is 4.98 Å². The Kier molecular flexibility index (Phi) is 3.20. The van der Waals surface area contributed by atoms with Crippen LogP contribution >= 0.6 is 0 Å². The molecule has 0 amide bonds. The molecule has 0 atom stereocenters. The minimum absolute atomic E-state index is 0.614. The van der Waals surface area contributed by atoms with E-state index in [1.54, 1.807) is 13.3 Å². The average molecular weight is 269 g/mol. The van der Waals surface area contributed by atoms with E-state index in [-0.39, 0.29) is 0 Å². The van der Waals surface area contributed by atoms with Crippen molar-refractivity contribution in [3.05, 3.63) is 48.0 Å². The van der Waals surface area contributed by atoms with E-state index in [1.807, 2.05) is 41.8 Å². The summed E-state index contributed by atoms with van der Waals surface area (Å²) in [7, 11) is 1.67. The van der Waals surface area contributed by atoms with Crippen LogP contribution in [0.3, 0.4) is 0 Å². The van der Waals surface area contributed by atoms with Gasteiger partial charge in [-0.2, -0.15) is 0 Å². The van der Waals surface area contributed by atoms with Crippen LogP contribution in [0.1, 0.15) is 11.4 Å². The fourth-order valence-electron chi connectivity index (χ4n) is 2.09. The molecular formula is C14H15N5O. The van der Waals surface area contributed by atoms with Gasteiger partial charge < -0.3 is 10.1 Å². The summed E-state index contributed by atoms with van der Waals surface area (Å²) in [6.07, 6.45) is 3.58. The highest BCUT2D eigenvalue weighted by Crippen LogP contribution is 2.19. The second kappa shape index (κ2) is 5.16. The van der Waals surface area contributed by atoms with Crippen LogP contribution in [0.15, 0.2) is 36.7 Å². The molecule has 3 rings (SSSR count). The predicted octanol–water partition coefficient (Wildman–Crippen LogP) is 2.05. The molecule has 0 unspecified atom stereocenters. The lowest BCUT2D eigenvalue weighted by Crippen LogP contribution is -2.05. The minimum Gasteiger partial charge on any atom is -0.496 e. The zero-order chi connectivity index (χ0) is 13.9. The maximum Gasteiger partial charge on any atom is 0.203 e. The number of nitrogens with zero attached hydrogens (tertiary/aromatic N) is 4. The maximum atomic E-state index is 5.33. The van der Waals surface area contributed by atoms with Gasteiger partial charge in [0.25, 0.3) is 0 Å². The first-order valence-corrected chi connectivity index (χ1v) is 6.31. The van der Waals surface area contributed by atoms with Gasteiger partial charge in [0.05, 0.1) is 7.11 Å². The van der Waals surface area contributed by atoms with Gasteiger partial charge >= 0.3 is 0 Å². The molecule has 0 saturated heterocycles. The molecule has 0 radical (unpaired) electrons. The Morgan fingerprint density at radius 2 is 2.10 bits per heavy atom. The number of aryl methyl sites for hydroxylation is 1. The first-order valence-electron chi connectivity index (χ1n) is 6.31. The fourth-order valence-corrected chi connectivity index (χ4v) is 2.09. The quantitative estimate of drug-likeness (QED) is 0.785. The van der Waals surface area contributed by atoms with Crippen molar-refractivity contribution in [3.63, 3.8) is 0 Å². The number of hydrogen-bond acceptors (Lipinski definition) is 5. The summed E-state index contributed by atoms with van der Waals surface area (Å²) in [5.41, 5.74) is 1.79. The summed E-state index contributed by atoms with van der Waals surface area (Å²) in [5, 5.41) is 11.5. The van der Waals surface area contributed by atoms with Gasteiger partial charge in [-0.1, -0.05) is 18.2 Å². The Labute approximate surface area is 116 Å². The van der Waals surface area contributed by atoms with Crippen LogP contribution in [0.5, 0.6) is 5.75 Å².